The molecule has 4 heteroatoms. The first kappa shape index (κ1) is 9.92. The van der Waals surface area contributed by atoms with E-state index in [1.165, 1.54) is 6.42 Å². The van der Waals surface area contributed by atoms with Gasteiger partial charge < -0.3 is 0 Å². The Morgan fingerprint density at radius 2 is 1.83 bits per heavy atom. The van der Waals surface area contributed by atoms with Crippen molar-refractivity contribution in [2.75, 3.05) is 27.4 Å². The van der Waals surface area contributed by atoms with Gasteiger partial charge in [0.1, 0.15) is 5.79 Å². The number of nitrogens with zero attached hydrogens (tertiary/aromatic N) is 1. The van der Waals surface area contributed by atoms with Crippen molar-refractivity contribution >= 4 is 0 Å². The maximum atomic E-state index is 3.44. The smallest absolute Gasteiger partial charge is 0.127 e. The highest BCUT2D eigenvalue weighted by molar-refractivity contribution is 4.84. The zero-order valence-corrected chi connectivity index (χ0v) is 8.28. The summed E-state index contributed by atoms with van der Waals surface area (Å²) in [5.41, 5.74) is 0. The fourth-order valence-electron chi connectivity index (χ4n) is 1.62. The van der Waals surface area contributed by atoms with Crippen molar-refractivity contribution in [1.29, 1.82) is 0 Å². The lowest BCUT2D eigenvalue weighted by molar-refractivity contribution is 0.0329. The summed E-state index contributed by atoms with van der Waals surface area (Å²) >= 11 is 0. The predicted octanol–water partition coefficient (Wildman–Crippen LogP) is -0.301. The topological polar surface area (TPSA) is 39.3 Å². The molecular formula is C8H20N4. The number of rotatable bonds is 3. The van der Waals surface area contributed by atoms with Gasteiger partial charge in [-0.2, -0.15) is 0 Å². The maximum Gasteiger partial charge on any atom is 0.127 e. The van der Waals surface area contributed by atoms with Crippen LogP contribution < -0.4 is 16.0 Å². The maximum absolute atomic E-state index is 3.44. The lowest BCUT2D eigenvalue weighted by Crippen LogP contribution is -2.72. The van der Waals surface area contributed by atoms with Gasteiger partial charge in [0.25, 0.3) is 0 Å². The molecular weight excluding hydrogens is 152 g/mol. The molecule has 12 heavy (non-hydrogen) atoms. The molecule has 0 spiro atoms. The summed E-state index contributed by atoms with van der Waals surface area (Å²) in [6.45, 7) is 3.97. The highest BCUT2D eigenvalue weighted by atomic mass is 15.5. The Morgan fingerprint density at radius 3 is 2.25 bits per heavy atom. The quantitative estimate of drug-likeness (QED) is 0.546. The Morgan fingerprint density at radius 1 is 1.25 bits per heavy atom. The average molecular weight is 172 g/mol. The van der Waals surface area contributed by atoms with Gasteiger partial charge in [0.15, 0.2) is 0 Å². The van der Waals surface area contributed by atoms with Crippen LogP contribution in [0.15, 0.2) is 0 Å². The molecule has 0 aliphatic carbocycles. The van der Waals surface area contributed by atoms with E-state index in [4.69, 9.17) is 0 Å². The van der Waals surface area contributed by atoms with E-state index in [-0.39, 0.29) is 5.79 Å². The Balaban J connectivity index is 2.56. The third kappa shape index (κ3) is 1.95. The Bertz CT molecular complexity index is 124. The summed E-state index contributed by atoms with van der Waals surface area (Å²) in [6, 6.07) is 0. The molecule has 0 aromatic rings. The minimum Gasteiger partial charge on any atom is -0.292 e. The first-order valence-electron chi connectivity index (χ1n) is 4.59. The first-order valence-corrected chi connectivity index (χ1v) is 4.59. The van der Waals surface area contributed by atoms with Gasteiger partial charge in [-0.25, -0.2) is 0 Å². The Labute approximate surface area is 74.7 Å². The highest BCUT2D eigenvalue weighted by Crippen LogP contribution is 2.12. The molecule has 1 saturated heterocycles. The summed E-state index contributed by atoms with van der Waals surface area (Å²) in [5, 5.41) is 10.1. The fraction of sp³-hybridized carbons (Fsp3) is 1.00. The second-order valence-electron chi connectivity index (χ2n) is 3.46. The predicted molar refractivity (Wildman–Crippen MR) is 50.5 cm³/mol. The van der Waals surface area contributed by atoms with E-state index < -0.39 is 0 Å². The lowest BCUT2D eigenvalue weighted by atomic mass is 10.1. The molecule has 1 aliphatic heterocycles. The van der Waals surface area contributed by atoms with Crippen LogP contribution in [0.2, 0.25) is 0 Å². The summed E-state index contributed by atoms with van der Waals surface area (Å²) in [5.74, 6) is 0. The largest absolute Gasteiger partial charge is 0.292 e. The summed E-state index contributed by atoms with van der Waals surface area (Å²) in [4.78, 5) is 2.21. The van der Waals surface area contributed by atoms with E-state index in [1.807, 2.05) is 0 Å². The molecule has 0 aromatic carbocycles. The normalized spacial score (nSPS) is 23.0. The molecule has 0 bridgehead atoms. The van der Waals surface area contributed by atoms with E-state index in [1.54, 1.807) is 0 Å². The minimum atomic E-state index is 0. The van der Waals surface area contributed by atoms with E-state index >= 15 is 0 Å². The second-order valence-corrected chi connectivity index (χ2v) is 3.46. The van der Waals surface area contributed by atoms with Crippen molar-refractivity contribution in [2.24, 2.45) is 0 Å². The van der Waals surface area contributed by atoms with Crippen molar-refractivity contribution in [1.82, 2.24) is 20.9 Å². The van der Waals surface area contributed by atoms with Crippen molar-refractivity contribution in [2.45, 2.75) is 25.6 Å². The zero-order chi connectivity index (χ0) is 9.03. The second kappa shape index (κ2) is 4.18. The van der Waals surface area contributed by atoms with Crippen molar-refractivity contribution in [3.05, 3.63) is 0 Å². The van der Waals surface area contributed by atoms with Crippen LogP contribution >= 0.6 is 0 Å². The monoisotopic (exact) mass is 172 g/mol. The molecule has 1 heterocycles. The molecule has 1 rings (SSSR count). The summed E-state index contributed by atoms with van der Waals surface area (Å²) in [7, 11) is 4.20. The van der Waals surface area contributed by atoms with Crippen LogP contribution in [0.5, 0.6) is 0 Å². The molecule has 4 nitrogen and oxygen atoms in total. The van der Waals surface area contributed by atoms with Crippen LogP contribution in [-0.4, -0.2) is 38.1 Å². The molecule has 1 aliphatic rings. The van der Waals surface area contributed by atoms with E-state index in [2.05, 4.69) is 41.9 Å². The van der Waals surface area contributed by atoms with Gasteiger partial charge in [0, 0.05) is 13.3 Å². The third-order valence-corrected chi connectivity index (χ3v) is 2.39. The minimum absolute atomic E-state index is 0. The van der Waals surface area contributed by atoms with E-state index in [9.17, 15) is 0 Å². The number of hydrogen-bond donors (Lipinski definition) is 3. The molecule has 0 saturated carbocycles. The summed E-state index contributed by atoms with van der Waals surface area (Å²) in [6.07, 6.45) is 2.31. The molecule has 0 amide bonds. The molecule has 0 radical (unpaired) electrons. The van der Waals surface area contributed by atoms with E-state index in [0.29, 0.717) is 0 Å². The average Bonchev–Trinajstić information content (AvgIpc) is 2.06. The lowest BCUT2D eigenvalue weighted by Gasteiger charge is -2.44. The van der Waals surface area contributed by atoms with Gasteiger partial charge in [-0.05, 0) is 20.5 Å². The van der Waals surface area contributed by atoms with Crippen LogP contribution in [-0.2, 0) is 0 Å². The molecule has 72 valence electrons. The van der Waals surface area contributed by atoms with Crippen LogP contribution in [0.25, 0.3) is 0 Å². The van der Waals surface area contributed by atoms with Crippen LogP contribution in [0, 0.1) is 0 Å². The number of nitrogens with one attached hydrogen (secondary N) is 3. The fourth-order valence-corrected chi connectivity index (χ4v) is 1.62. The third-order valence-electron chi connectivity index (χ3n) is 2.39. The van der Waals surface area contributed by atoms with E-state index in [0.717, 1.165) is 19.8 Å². The standard InChI is InChI=1S/C8H20N4/c1-4-5-8(12(2)3)10-6-9-7-11-8/h9-11H,4-7H2,1-3H3. The van der Waals surface area contributed by atoms with Crippen molar-refractivity contribution in [3.8, 4) is 0 Å². The van der Waals surface area contributed by atoms with Gasteiger partial charge in [-0.15, -0.1) is 0 Å². The van der Waals surface area contributed by atoms with Gasteiger partial charge >= 0.3 is 0 Å². The molecule has 3 N–H and O–H groups in total. The van der Waals surface area contributed by atoms with Gasteiger partial charge in [0.2, 0.25) is 0 Å². The van der Waals surface area contributed by atoms with Crippen LogP contribution in [0.4, 0.5) is 0 Å². The Hall–Kier alpha value is -0.160. The Kier molecular flexibility index (Phi) is 3.46. The molecule has 0 unspecified atom stereocenters. The van der Waals surface area contributed by atoms with Crippen molar-refractivity contribution in [3.63, 3.8) is 0 Å². The summed E-state index contributed by atoms with van der Waals surface area (Å²) < 4.78 is 0. The molecule has 1 fully saturated rings. The SMILES string of the molecule is CCCC1(N(C)C)NCNCN1. The molecule has 0 aromatic heterocycles. The highest BCUT2D eigenvalue weighted by Gasteiger charge is 2.31. The molecule has 0 atom stereocenters. The number of hydrogen-bond acceptors (Lipinski definition) is 4. The van der Waals surface area contributed by atoms with Crippen LogP contribution in [0.3, 0.4) is 0 Å². The first-order chi connectivity index (χ1) is 5.71. The van der Waals surface area contributed by atoms with Crippen LogP contribution in [0.1, 0.15) is 19.8 Å². The van der Waals surface area contributed by atoms with Gasteiger partial charge in [-0.1, -0.05) is 13.3 Å². The van der Waals surface area contributed by atoms with Gasteiger partial charge in [-0.3, -0.25) is 20.9 Å². The van der Waals surface area contributed by atoms with Crippen molar-refractivity contribution < 1.29 is 0 Å². The van der Waals surface area contributed by atoms with Gasteiger partial charge in [0.05, 0.1) is 0 Å². The zero-order valence-electron chi connectivity index (χ0n) is 8.28.